The van der Waals surface area contributed by atoms with Gasteiger partial charge in [0.1, 0.15) is 5.76 Å². The monoisotopic (exact) mass is 235 g/mol. The minimum atomic E-state index is -0.375. The van der Waals surface area contributed by atoms with Crippen LogP contribution in [-0.2, 0) is 4.74 Å². The number of rotatable bonds is 3. The maximum Gasteiger partial charge on any atom is 0.156 e. The molecule has 0 aromatic carbocycles. The highest BCUT2D eigenvalue weighted by atomic mass is 16.5. The van der Waals surface area contributed by atoms with Gasteiger partial charge in [0.05, 0.1) is 25.0 Å². The summed E-state index contributed by atoms with van der Waals surface area (Å²) in [6.45, 7) is 3.85. The molecule has 1 saturated heterocycles. The Labute approximate surface area is 101 Å². The van der Waals surface area contributed by atoms with Crippen molar-refractivity contribution in [2.24, 2.45) is 5.73 Å². The summed E-state index contributed by atoms with van der Waals surface area (Å²) in [7, 11) is 0. The smallest absolute Gasteiger partial charge is 0.156 e. The molecule has 1 aromatic heterocycles. The molecule has 3 atom stereocenters. The van der Waals surface area contributed by atoms with Crippen molar-refractivity contribution in [2.45, 2.75) is 25.1 Å². The second-order valence-electron chi connectivity index (χ2n) is 4.30. The van der Waals surface area contributed by atoms with Crippen molar-refractivity contribution in [1.82, 2.24) is 4.90 Å². The molecule has 0 bridgehead atoms. The Bertz CT molecular complexity index is 383. The van der Waals surface area contributed by atoms with Gasteiger partial charge in [-0.05, 0) is 19.1 Å². The van der Waals surface area contributed by atoms with E-state index in [-0.39, 0.29) is 18.2 Å². The molecule has 2 heterocycles. The van der Waals surface area contributed by atoms with Crippen molar-refractivity contribution >= 4 is 0 Å². The van der Waals surface area contributed by atoms with Gasteiger partial charge in [-0.3, -0.25) is 4.90 Å². The molecule has 5 nitrogen and oxygen atoms in total. The van der Waals surface area contributed by atoms with Crippen LogP contribution in [0.3, 0.4) is 0 Å². The molecule has 0 radical (unpaired) electrons. The van der Waals surface area contributed by atoms with Crippen molar-refractivity contribution in [3.05, 3.63) is 24.2 Å². The molecule has 1 aliphatic rings. The molecule has 0 saturated carbocycles. The minimum absolute atomic E-state index is 0.00440. The van der Waals surface area contributed by atoms with E-state index in [4.69, 9.17) is 20.1 Å². The van der Waals surface area contributed by atoms with Crippen LogP contribution in [0, 0.1) is 11.3 Å². The summed E-state index contributed by atoms with van der Waals surface area (Å²) in [6, 6.07) is 5.86. The lowest BCUT2D eigenvalue weighted by molar-refractivity contribution is -0.0247. The first-order valence-corrected chi connectivity index (χ1v) is 5.76. The Hall–Kier alpha value is -1.35. The number of hydrogen-bond acceptors (Lipinski definition) is 5. The molecule has 1 aromatic rings. The molecule has 17 heavy (non-hydrogen) atoms. The summed E-state index contributed by atoms with van der Waals surface area (Å²) in [6.07, 6.45) is 1.27. The van der Waals surface area contributed by atoms with E-state index in [9.17, 15) is 0 Å². The van der Waals surface area contributed by atoms with Crippen molar-refractivity contribution < 1.29 is 9.15 Å². The summed E-state index contributed by atoms with van der Waals surface area (Å²) >= 11 is 0. The summed E-state index contributed by atoms with van der Waals surface area (Å²) in [5.74, 6) is 0.846. The van der Waals surface area contributed by atoms with Crippen LogP contribution < -0.4 is 5.73 Å². The summed E-state index contributed by atoms with van der Waals surface area (Å²) in [5.41, 5.74) is 6.02. The van der Waals surface area contributed by atoms with Crippen LogP contribution in [-0.4, -0.2) is 36.7 Å². The van der Waals surface area contributed by atoms with Gasteiger partial charge in [0.25, 0.3) is 0 Å². The SMILES string of the molecule is CC(N)C(c1ccco1)N1CCOC(C#N)C1. The number of hydrogen-bond donors (Lipinski definition) is 1. The normalized spacial score (nSPS) is 25.1. The number of nitrogens with two attached hydrogens (primary N) is 1. The van der Waals surface area contributed by atoms with Gasteiger partial charge >= 0.3 is 0 Å². The first-order chi connectivity index (χ1) is 8.22. The lowest BCUT2D eigenvalue weighted by Gasteiger charge is -2.37. The third-order valence-electron chi connectivity index (χ3n) is 2.97. The third kappa shape index (κ3) is 2.67. The van der Waals surface area contributed by atoms with E-state index < -0.39 is 0 Å². The maximum absolute atomic E-state index is 8.90. The largest absolute Gasteiger partial charge is 0.468 e. The first-order valence-electron chi connectivity index (χ1n) is 5.76. The molecule has 2 rings (SSSR count). The van der Waals surface area contributed by atoms with Gasteiger partial charge < -0.3 is 14.9 Å². The molecule has 92 valence electrons. The van der Waals surface area contributed by atoms with Crippen LogP contribution in [0.2, 0.25) is 0 Å². The van der Waals surface area contributed by atoms with E-state index in [1.165, 1.54) is 0 Å². The summed E-state index contributed by atoms with van der Waals surface area (Å²) in [4.78, 5) is 2.15. The van der Waals surface area contributed by atoms with Crippen molar-refractivity contribution in [2.75, 3.05) is 19.7 Å². The van der Waals surface area contributed by atoms with E-state index in [1.54, 1.807) is 6.26 Å². The van der Waals surface area contributed by atoms with E-state index in [2.05, 4.69) is 11.0 Å². The van der Waals surface area contributed by atoms with Crippen LogP contribution in [0.5, 0.6) is 0 Å². The standard InChI is InChI=1S/C12H17N3O2/c1-9(14)12(11-3-2-5-17-11)15-4-6-16-10(7-13)8-15/h2-3,5,9-10,12H,4,6,8,14H2,1H3. The van der Waals surface area contributed by atoms with Crippen LogP contribution in [0.15, 0.2) is 22.8 Å². The number of furan rings is 1. The molecule has 0 spiro atoms. The lowest BCUT2D eigenvalue weighted by Crippen LogP contribution is -2.48. The Morgan fingerprint density at radius 3 is 3.06 bits per heavy atom. The highest BCUT2D eigenvalue weighted by Crippen LogP contribution is 2.25. The van der Waals surface area contributed by atoms with Crippen LogP contribution >= 0.6 is 0 Å². The van der Waals surface area contributed by atoms with Crippen LogP contribution in [0.1, 0.15) is 18.7 Å². The quantitative estimate of drug-likeness (QED) is 0.842. The molecular weight excluding hydrogens is 218 g/mol. The van der Waals surface area contributed by atoms with Gasteiger partial charge in [0, 0.05) is 19.1 Å². The van der Waals surface area contributed by atoms with E-state index >= 15 is 0 Å². The second kappa shape index (κ2) is 5.32. The molecule has 0 aliphatic carbocycles. The zero-order valence-corrected chi connectivity index (χ0v) is 9.87. The fraction of sp³-hybridized carbons (Fsp3) is 0.583. The molecule has 1 aliphatic heterocycles. The maximum atomic E-state index is 8.90. The van der Waals surface area contributed by atoms with Crippen LogP contribution in [0.25, 0.3) is 0 Å². The fourth-order valence-corrected chi connectivity index (χ4v) is 2.23. The topological polar surface area (TPSA) is 75.4 Å². The predicted molar refractivity (Wildman–Crippen MR) is 62.0 cm³/mol. The van der Waals surface area contributed by atoms with Crippen molar-refractivity contribution in [3.63, 3.8) is 0 Å². The van der Waals surface area contributed by atoms with Gasteiger partial charge in [-0.15, -0.1) is 0 Å². The molecular formula is C12H17N3O2. The van der Waals surface area contributed by atoms with Gasteiger partial charge in [-0.25, -0.2) is 0 Å². The molecule has 5 heteroatoms. The third-order valence-corrected chi connectivity index (χ3v) is 2.97. The fourth-order valence-electron chi connectivity index (χ4n) is 2.23. The molecule has 0 amide bonds. The average Bonchev–Trinajstić information content (AvgIpc) is 2.83. The molecule has 2 N–H and O–H groups in total. The van der Waals surface area contributed by atoms with Gasteiger partial charge in [0.2, 0.25) is 0 Å². The Morgan fingerprint density at radius 1 is 1.65 bits per heavy atom. The zero-order chi connectivity index (χ0) is 12.3. The Kier molecular flexibility index (Phi) is 3.79. The van der Waals surface area contributed by atoms with Crippen LogP contribution in [0.4, 0.5) is 0 Å². The number of ether oxygens (including phenoxy) is 1. The molecule has 1 fully saturated rings. The van der Waals surface area contributed by atoms with E-state index in [0.717, 1.165) is 12.3 Å². The number of nitriles is 1. The predicted octanol–water partition coefficient (Wildman–Crippen LogP) is 0.892. The van der Waals surface area contributed by atoms with Crippen molar-refractivity contribution in [1.29, 1.82) is 5.26 Å². The summed E-state index contributed by atoms with van der Waals surface area (Å²) in [5, 5.41) is 8.90. The number of morpholine rings is 1. The molecule has 3 unspecified atom stereocenters. The highest BCUT2D eigenvalue weighted by molar-refractivity contribution is 5.08. The highest BCUT2D eigenvalue weighted by Gasteiger charge is 2.31. The van der Waals surface area contributed by atoms with E-state index in [0.29, 0.717) is 13.2 Å². The average molecular weight is 235 g/mol. The van der Waals surface area contributed by atoms with Gasteiger partial charge in [0.15, 0.2) is 6.10 Å². The Balaban J connectivity index is 2.14. The zero-order valence-electron chi connectivity index (χ0n) is 9.87. The Morgan fingerprint density at radius 2 is 2.47 bits per heavy atom. The van der Waals surface area contributed by atoms with E-state index in [1.807, 2.05) is 19.1 Å². The van der Waals surface area contributed by atoms with Crippen molar-refractivity contribution in [3.8, 4) is 6.07 Å². The van der Waals surface area contributed by atoms with Gasteiger partial charge in [-0.2, -0.15) is 5.26 Å². The second-order valence-corrected chi connectivity index (χ2v) is 4.30. The lowest BCUT2D eigenvalue weighted by atomic mass is 10.0. The summed E-state index contributed by atoms with van der Waals surface area (Å²) < 4.78 is 10.8. The number of nitrogens with zero attached hydrogens (tertiary/aromatic N) is 2. The van der Waals surface area contributed by atoms with Gasteiger partial charge in [-0.1, -0.05) is 0 Å². The first kappa shape index (κ1) is 12.1. The minimum Gasteiger partial charge on any atom is -0.468 e.